The maximum absolute atomic E-state index is 12.2. The van der Waals surface area contributed by atoms with Crippen molar-refractivity contribution in [1.29, 1.82) is 0 Å². The zero-order chi connectivity index (χ0) is 16.7. The molecule has 0 unspecified atom stereocenters. The molecule has 3 rings (SSSR count). The molecule has 0 saturated carbocycles. The molecule has 0 atom stereocenters. The van der Waals surface area contributed by atoms with Crippen LogP contribution in [0.4, 0.5) is 5.69 Å². The van der Waals surface area contributed by atoms with Gasteiger partial charge in [0.05, 0.1) is 8.95 Å². The van der Waals surface area contributed by atoms with E-state index in [0.717, 1.165) is 5.56 Å². The smallest absolute Gasteiger partial charge is 0.256 e. The summed E-state index contributed by atoms with van der Waals surface area (Å²) < 4.78 is 1.05. The van der Waals surface area contributed by atoms with Crippen LogP contribution in [0.2, 0.25) is 0 Å². The van der Waals surface area contributed by atoms with Gasteiger partial charge in [-0.25, -0.2) is 0 Å². The fourth-order valence-electron chi connectivity index (χ4n) is 2.39. The number of phenols is 1. The van der Waals surface area contributed by atoms with E-state index in [1.807, 2.05) is 0 Å². The van der Waals surface area contributed by atoms with E-state index < -0.39 is 0 Å². The van der Waals surface area contributed by atoms with Gasteiger partial charge in [0.15, 0.2) is 5.78 Å². The zero-order valence-corrected chi connectivity index (χ0v) is 15.2. The summed E-state index contributed by atoms with van der Waals surface area (Å²) in [4.78, 5) is 23.8. The first-order valence-corrected chi connectivity index (χ1v) is 8.32. The van der Waals surface area contributed by atoms with Crippen LogP contribution in [0.5, 0.6) is 5.75 Å². The lowest BCUT2D eigenvalue weighted by molar-refractivity contribution is -0.110. The van der Waals surface area contributed by atoms with Gasteiger partial charge in [-0.3, -0.25) is 9.59 Å². The highest BCUT2D eigenvalue weighted by molar-refractivity contribution is 9.11. The molecule has 23 heavy (non-hydrogen) atoms. The van der Waals surface area contributed by atoms with Crippen molar-refractivity contribution in [2.75, 3.05) is 5.32 Å². The number of nitrogens with one attached hydrogen (secondary N) is 1. The average molecular weight is 437 g/mol. The zero-order valence-electron chi connectivity index (χ0n) is 12.0. The van der Waals surface area contributed by atoms with Crippen molar-refractivity contribution in [2.24, 2.45) is 0 Å². The molecule has 2 aromatic carbocycles. The number of Topliss-reactive ketones (excluding diaryl/α,β-unsaturated/α-hetero) is 1. The Morgan fingerprint density at radius 2 is 1.83 bits per heavy atom. The molecule has 6 heteroatoms. The summed E-state index contributed by atoms with van der Waals surface area (Å²) in [5.41, 5.74) is 3.16. The lowest BCUT2D eigenvalue weighted by Gasteiger charge is -2.04. The molecule has 0 aliphatic carbocycles. The number of benzene rings is 2. The van der Waals surface area contributed by atoms with Crippen molar-refractivity contribution in [2.45, 2.75) is 6.92 Å². The molecule has 0 aromatic heterocycles. The molecule has 4 nitrogen and oxygen atoms in total. The van der Waals surface area contributed by atoms with Crippen LogP contribution in [0.1, 0.15) is 28.4 Å². The Kier molecular flexibility index (Phi) is 4.12. The van der Waals surface area contributed by atoms with Gasteiger partial charge in [0.1, 0.15) is 5.75 Å². The van der Waals surface area contributed by atoms with Crippen LogP contribution < -0.4 is 5.32 Å². The van der Waals surface area contributed by atoms with Gasteiger partial charge < -0.3 is 10.4 Å². The minimum absolute atomic E-state index is 0.0541. The van der Waals surface area contributed by atoms with Crippen LogP contribution in [-0.2, 0) is 4.79 Å². The third kappa shape index (κ3) is 2.96. The van der Waals surface area contributed by atoms with E-state index in [0.29, 0.717) is 31.3 Å². The third-order valence-corrected chi connectivity index (χ3v) is 4.77. The second kappa shape index (κ2) is 5.94. The van der Waals surface area contributed by atoms with E-state index >= 15 is 0 Å². The van der Waals surface area contributed by atoms with Crippen LogP contribution in [0, 0.1) is 0 Å². The lowest BCUT2D eigenvalue weighted by Crippen LogP contribution is -2.03. The van der Waals surface area contributed by atoms with E-state index in [4.69, 9.17) is 0 Å². The lowest BCUT2D eigenvalue weighted by atomic mass is 10.0. The number of ketones is 1. The highest BCUT2D eigenvalue weighted by Gasteiger charge is 2.25. The summed E-state index contributed by atoms with van der Waals surface area (Å²) in [6.07, 6.45) is 1.72. The van der Waals surface area contributed by atoms with Gasteiger partial charge in [0.2, 0.25) is 0 Å². The number of phenolic OH excluding ortho intramolecular Hbond substituents is 1. The third-order valence-electron chi connectivity index (χ3n) is 3.56. The molecule has 0 bridgehead atoms. The minimum atomic E-state index is -0.221. The fraction of sp³-hybridized carbons (Fsp3) is 0.0588. The van der Waals surface area contributed by atoms with Crippen molar-refractivity contribution in [3.63, 3.8) is 0 Å². The maximum Gasteiger partial charge on any atom is 0.256 e. The largest absolute Gasteiger partial charge is 0.506 e. The first-order valence-electron chi connectivity index (χ1n) is 6.73. The van der Waals surface area contributed by atoms with Gasteiger partial charge in [-0.2, -0.15) is 0 Å². The van der Waals surface area contributed by atoms with Crippen molar-refractivity contribution in [1.82, 2.24) is 0 Å². The molecule has 2 aromatic rings. The first-order chi connectivity index (χ1) is 10.9. The van der Waals surface area contributed by atoms with Gasteiger partial charge in [-0.15, -0.1) is 0 Å². The van der Waals surface area contributed by atoms with Crippen LogP contribution in [0.15, 0.2) is 39.3 Å². The maximum atomic E-state index is 12.2. The summed E-state index contributed by atoms with van der Waals surface area (Å²) in [6.45, 7) is 1.49. The van der Waals surface area contributed by atoms with Crippen LogP contribution in [0.3, 0.4) is 0 Å². The molecule has 1 amide bonds. The van der Waals surface area contributed by atoms with E-state index in [-0.39, 0.29) is 17.4 Å². The molecule has 0 spiro atoms. The van der Waals surface area contributed by atoms with E-state index in [1.54, 1.807) is 36.4 Å². The number of anilines is 1. The predicted octanol–water partition coefficient (Wildman–Crippen LogP) is 4.61. The fourth-order valence-corrected chi connectivity index (χ4v) is 3.61. The highest BCUT2D eigenvalue weighted by atomic mass is 79.9. The van der Waals surface area contributed by atoms with E-state index in [2.05, 4.69) is 37.2 Å². The standard InChI is InChI=1S/C17H11Br2NO3/c1-8(21)10-2-3-15-11(7-10)12(17(23)20-15)4-9-5-13(18)16(22)14(19)6-9/h2-7,22H,1H3,(H,20,23)/b12-4-. The number of carbonyl (C=O) groups is 2. The Morgan fingerprint density at radius 3 is 2.43 bits per heavy atom. The summed E-state index contributed by atoms with van der Waals surface area (Å²) >= 11 is 6.54. The number of hydrogen-bond acceptors (Lipinski definition) is 3. The average Bonchev–Trinajstić information content (AvgIpc) is 2.80. The topological polar surface area (TPSA) is 66.4 Å². The quantitative estimate of drug-likeness (QED) is 0.533. The Hall–Kier alpha value is -1.92. The Labute approximate surface area is 149 Å². The van der Waals surface area contributed by atoms with Crippen molar-refractivity contribution in [3.05, 3.63) is 56.0 Å². The SMILES string of the molecule is CC(=O)c1ccc2c(c1)/C(=C/c1cc(Br)c(O)c(Br)c1)C(=O)N2. The number of aromatic hydroxyl groups is 1. The molecule has 1 aliphatic heterocycles. The monoisotopic (exact) mass is 435 g/mol. The van der Waals surface area contributed by atoms with Crippen LogP contribution in [-0.4, -0.2) is 16.8 Å². The van der Waals surface area contributed by atoms with Crippen molar-refractivity contribution in [3.8, 4) is 5.75 Å². The number of amides is 1. The van der Waals surface area contributed by atoms with Gasteiger partial charge >= 0.3 is 0 Å². The molecule has 1 heterocycles. The number of halogens is 2. The number of carbonyl (C=O) groups excluding carboxylic acids is 2. The van der Waals surface area contributed by atoms with Gasteiger partial charge in [0.25, 0.3) is 5.91 Å². The van der Waals surface area contributed by atoms with E-state index in [1.165, 1.54) is 6.92 Å². The number of fused-ring (bicyclic) bond motifs is 1. The molecule has 0 fully saturated rings. The Bertz CT molecular complexity index is 864. The van der Waals surface area contributed by atoms with E-state index in [9.17, 15) is 14.7 Å². The normalized spacial score (nSPS) is 14.7. The molecule has 1 aliphatic rings. The van der Waals surface area contributed by atoms with Gasteiger partial charge in [-0.1, -0.05) is 0 Å². The predicted molar refractivity (Wildman–Crippen MR) is 96.5 cm³/mol. The second-order valence-electron chi connectivity index (χ2n) is 5.16. The second-order valence-corrected chi connectivity index (χ2v) is 6.87. The summed E-state index contributed by atoms with van der Waals surface area (Å²) in [6, 6.07) is 8.57. The molecule has 0 radical (unpaired) electrons. The Morgan fingerprint density at radius 1 is 1.17 bits per heavy atom. The van der Waals surface area contributed by atoms with Crippen LogP contribution in [0.25, 0.3) is 11.6 Å². The molecule has 2 N–H and O–H groups in total. The number of rotatable bonds is 2. The van der Waals surface area contributed by atoms with Crippen molar-refractivity contribution >= 4 is 60.9 Å². The highest BCUT2D eigenvalue weighted by Crippen LogP contribution is 2.37. The molecule has 116 valence electrons. The summed E-state index contributed by atoms with van der Waals surface area (Å²) in [5.74, 6) is -0.176. The van der Waals surface area contributed by atoms with Gasteiger partial charge in [0, 0.05) is 22.4 Å². The summed E-state index contributed by atoms with van der Waals surface area (Å²) in [7, 11) is 0. The minimum Gasteiger partial charge on any atom is -0.506 e. The molecular formula is C17H11Br2NO3. The Balaban J connectivity index is 2.13. The summed E-state index contributed by atoms with van der Waals surface area (Å²) in [5, 5.41) is 12.6. The molecular weight excluding hydrogens is 426 g/mol. The number of hydrogen-bond donors (Lipinski definition) is 2. The molecule has 0 saturated heterocycles. The van der Waals surface area contributed by atoms with Crippen molar-refractivity contribution < 1.29 is 14.7 Å². The first kappa shape index (κ1) is 16.0. The van der Waals surface area contributed by atoms with Crippen LogP contribution >= 0.6 is 31.9 Å². The van der Waals surface area contributed by atoms with Gasteiger partial charge in [-0.05, 0) is 80.8 Å².